The van der Waals surface area contributed by atoms with Crippen LogP contribution in [0.2, 0.25) is 0 Å². The van der Waals surface area contributed by atoms with Crippen molar-refractivity contribution in [3.63, 3.8) is 0 Å². The average Bonchev–Trinajstić information content (AvgIpc) is 3.80. The Morgan fingerprint density at radius 1 is 0.750 bits per heavy atom. The van der Waals surface area contributed by atoms with Crippen molar-refractivity contribution in [1.29, 1.82) is 0 Å². The molecule has 11 nitrogen and oxygen atoms in total. The first kappa shape index (κ1) is 38.4. The van der Waals surface area contributed by atoms with Crippen molar-refractivity contribution in [1.82, 2.24) is 19.9 Å². The molecular weight excluding hydrogens is 660 g/mol. The van der Waals surface area contributed by atoms with Crippen molar-refractivity contribution in [2.45, 2.75) is 118 Å². The maximum atomic E-state index is 13.9. The van der Waals surface area contributed by atoms with E-state index in [2.05, 4.69) is 23.8 Å². The van der Waals surface area contributed by atoms with Crippen LogP contribution in [0, 0.1) is 13.8 Å². The molecule has 3 aromatic rings. The smallest absolute Gasteiger partial charge is 0.340 e. The second kappa shape index (κ2) is 16.3. The van der Waals surface area contributed by atoms with Gasteiger partial charge in [0.05, 0.1) is 49.0 Å². The first-order valence-electron chi connectivity index (χ1n) is 18.5. The van der Waals surface area contributed by atoms with Crippen LogP contribution in [0.5, 0.6) is 0 Å². The van der Waals surface area contributed by atoms with Crippen LogP contribution in [-0.2, 0) is 30.2 Å². The minimum absolute atomic E-state index is 0.0610. The summed E-state index contributed by atoms with van der Waals surface area (Å²) >= 11 is 0. The van der Waals surface area contributed by atoms with Gasteiger partial charge in [0.25, 0.3) is 0 Å². The van der Waals surface area contributed by atoms with Crippen molar-refractivity contribution in [3.8, 4) is 0 Å². The first-order valence-corrected chi connectivity index (χ1v) is 18.5. The maximum absolute atomic E-state index is 13.9. The zero-order valence-electron chi connectivity index (χ0n) is 32.0. The van der Waals surface area contributed by atoms with Crippen LogP contribution >= 0.6 is 0 Å². The van der Waals surface area contributed by atoms with Crippen LogP contribution < -0.4 is 0 Å². The topological polar surface area (TPSA) is 153 Å². The van der Waals surface area contributed by atoms with Gasteiger partial charge in [0.15, 0.2) is 5.78 Å². The number of aryl methyl sites for hydroxylation is 2. The van der Waals surface area contributed by atoms with Crippen LogP contribution in [0.4, 0.5) is 0 Å². The van der Waals surface area contributed by atoms with Gasteiger partial charge < -0.3 is 24.2 Å². The highest BCUT2D eigenvalue weighted by molar-refractivity contribution is 6.05. The van der Waals surface area contributed by atoms with Gasteiger partial charge in [-0.15, -0.1) is 0 Å². The van der Waals surface area contributed by atoms with Gasteiger partial charge in [-0.2, -0.15) is 0 Å². The lowest BCUT2D eigenvalue weighted by Gasteiger charge is -2.18. The van der Waals surface area contributed by atoms with Crippen molar-refractivity contribution < 1.29 is 33.4 Å². The summed E-state index contributed by atoms with van der Waals surface area (Å²) in [4.78, 5) is 70.3. The monoisotopic (exact) mass is 712 g/mol. The highest BCUT2D eigenvalue weighted by atomic mass is 16.5. The Morgan fingerprint density at radius 2 is 1.35 bits per heavy atom. The fourth-order valence-corrected chi connectivity index (χ4v) is 7.65. The molecule has 0 radical (unpaired) electrons. The van der Waals surface area contributed by atoms with Crippen LogP contribution in [0.15, 0.2) is 18.2 Å². The van der Waals surface area contributed by atoms with E-state index in [0.29, 0.717) is 76.1 Å². The van der Waals surface area contributed by atoms with E-state index in [1.54, 1.807) is 6.92 Å². The summed E-state index contributed by atoms with van der Waals surface area (Å²) in [6.45, 7) is 16.1. The minimum Gasteiger partial charge on any atom is -0.469 e. The lowest BCUT2D eigenvalue weighted by atomic mass is 9.85. The molecule has 5 rings (SSSR count). The number of nitrogens with zero attached hydrogens (tertiary/aromatic N) is 2. The number of fused-ring (bicyclic) bond motifs is 8. The second-order valence-electron chi connectivity index (χ2n) is 14.1. The number of esters is 3. The van der Waals surface area contributed by atoms with Crippen molar-refractivity contribution in [2.24, 2.45) is 0 Å². The van der Waals surface area contributed by atoms with Gasteiger partial charge in [-0.1, -0.05) is 34.6 Å². The van der Waals surface area contributed by atoms with Crippen LogP contribution in [0.25, 0.3) is 22.1 Å². The molecule has 0 fully saturated rings. The molecule has 0 saturated carbocycles. The molecule has 5 heterocycles. The molecule has 0 spiro atoms. The highest BCUT2D eigenvalue weighted by Crippen LogP contribution is 2.44. The predicted molar refractivity (Wildman–Crippen MR) is 200 cm³/mol. The number of methoxy groups -OCH3 is 1. The SMILES string of the molecule is CCCOC(=O)CC[C@@H]1c2nc(cc3[nH]c(cc4nc(cc5[nH]c(c2CC(=O)OC)c(C(=O)OCCC)c5C)[C@H](CC)[C@H]4C)c(C(C)=O)c3C)[C@H]1C. The summed E-state index contributed by atoms with van der Waals surface area (Å²) < 4.78 is 16.3. The number of ketones is 1. The number of hydrogen-bond acceptors (Lipinski definition) is 9. The summed E-state index contributed by atoms with van der Waals surface area (Å²) in [5.41, 5.74) is 8.38. The Labute approximate surface area is 305 Å². The maximum Gasteiger partial charge on any atom is 0.340 e. The van der Waals surface area contributed by atoms with Crippen LogP contribution in [0.1, 0.15) is 158 Å². The van der Waals surface area contributed by atoms with Crippen molar-refractivity contribution >= 4 is 45.8 Å². The van der Waals surface area contributed by atoms with Gasteiger partial charge in [-0.05, 0) is 75.8 Å². The van der Waals surface area contributed by atoms with E-state index >= 15 is 0 Å². The fourth-order valence-electron chi connectivity index (χ4n) is 7.65. The van der Waals surface area contributed by atoms with E-state index in [1.165, 1.54) is 7.11 Å². The molecule has 0 saturated heterocycles. The zero-order valence-corrected chi connectivity index (χ0v) is 32.0. The minimum atomic E-state index is -0.506. The summed E-state index contributed by atoms with van der Waals surface area (Å²) in [7, 11) is 1.33. The zero-order chi connectivity index (χ0) is 37.9. The van der Waals surface area contributed by atoms with Crippen molar-refractivity contribution in [3.05, 3.63) is 68.8 Å². The number of carbonyl (C=O) groups excluding carboxylic acids is 4. The molecule has 0 aromatic carbocycles. The van der Waals surface area contributed by atoms with E-state index in [4.69, 9.17) is 24.2 Å². The molecular formula is C41H52N4O7. The van der Waals surface area contributed by atoms with Gasteiger partial charge in [-0.3, -0.25) is 24.4 Å². The quantitative estimate of drug-likeness (QED) is 0.107. The highest BCUT2D eigenvalue weighted by Gasteiger charge is 2.34. The number of ether oxygens (including phenoxy) is 3. The van der Waals surface area contributed by atoms with E-state index < -0.39 is 11.9 Å². The molecule has 2 aliphatic rings. The van der Waals surface area contributed by atoms with E-state index in [-0.39, 0.29) is 54.9 Å². The van der Waals surface area contributed by atoms with E-state index in [0.717, 1.165) is 28.9 Å². The molecule has 2 aliphatic heterocycles. The van der Waals surface area contributed by atoms with Gasteiger partial charge in [0, 0.05) is 69.3 Å². The Bertz CT molecular complexity index is 2040. The molecule has 8 bridgehead atoms. The second-order valence-corrected chi connectivity index (χ2v) is 14.1. The molecule has 52 heavy (non-hydrogen) atoms. The molecule has 4 atom stereocenters. The Balaban J connectivity index is 1.97. The number of H-pyrrole nitrogens is 2. The number of carbonyl (C=O) groups is 4. The number of aromatic nitrogens is 4. The molecule has 278 valence electrons. The van der Waals surface area contributed by atoms with Crippen molar-refractivity contribution in [2.75, 3.05) is 20.3 Å². The summed E-state index contributed by atoms with van der Waals surface area (Å²) in [5.74, 6) is -1.76. The fraction of sp³-hybridized carbons (Fsp3) is 0.512. The first-order chi connectivity index (χ1) is 24.8. The summed E-state index contributed by atoms with van der Waals surface area (Å²) in [6.07, 6.45) is 2.54. The summed E-state index contributed by atoms with van der Waals surface area (Å²) in [5, 5.41) is 0. The predicted octanol–water partition coefficient (Wildman–Crippen LogP) is 8.33. The third-order valence-electron chi connectivity index (χ3n) is 10.6. The summed E-state index contributed by atoms with van der Waals surface area (Å²) in [6, 6.07) is 5.90. The van der Waals surface area contributed by atoms with E-state index in [9.17, 15) is 19.2 Å². The molecule has 0 amide bonds. The Hall–Kier alpha value is -4.80. The van der Waals surface area contributed by atoms with Gasteiger partial charge in [-0.25, -0.2) is 4.79 Å². The Kier molecular flexibility index (Phi) is 12.0. The van der Waals surface area contributed by atoms with E-state index in [1.807, 2.05) is 52.8 Å². The lowest BCUT2D eigenvalue weighted by Crippen LogP contribution is -2.14. The molecule has 2 N–H and O–H groups in total. The van der Waals surface area contributed by atoms with Gasteiger partial charge in [0.1, 0.15) is 0 Å². The molecule has 3 aromatic heterocycles. The Morgan fingerprint density at radius 3 is 2.00 bits per heavy atom. The van der Waals surface area contributed by atoms with Gasteiger partial charge >= 0.3 is 17.9 Å². The molecule has 0 aliphatic carbocycles. The largest absolute Gasteiger partial charge is 0.469 e. The molecule has 0 unspecified atom stereocenters. The molecule has 11 heteroatoms. The van der Waals surface area contributed by atoms with Gasteiger partial charge in [0.2, 0.25) is 0 Å². The normalized spacial score (nSPS) is 18.2. The van der Waals surface area contributed by atoms with Crippen LogP contribution in [0.3, 0.4) is 0 Å². The standard InChI is InChI=1S/C41H52N4O7/c1-10-15-51-35(47)14-13-27-22(5)30-18-31-23(6)37(25(8)46)34(43-31)20-29-21(4)26(12-3)33(42-29)19-32-24(7)38(41(49)52-16-11-2)40(45-32)28(39(27)44-30)17-36(48)50-9/h18-22,26-27,43,45H,10-17H2,1-9H3/t21-,22+,26-,27+/m1/s1. The number of rotatable bonds is 12. The number of nitrogens with one attached hydrogen (secondary N) is 2. The average molecular weight is 713 g/mol. The number of hydrogen-bond donors (Lipinski definition) is 2. The number of Topliss-reactive ketones (excluding diaryl/α,β-unsaturated/α-hetero) is 1. The lowest BCUT2D eigenvalue weighted by molar-refractivity contribution is -0.144. The number of aromatic amines is 2. The third kappa shape index (κ3) is 7.54. The third-order valence-corrected chi connectivity index (χ3v) is 10.6. The van der Waals surface area contributed by atoms with Crippen LogP contribution in [-0.4, -0.2) is 64.0 Å².